The number of carbonyl (C=O) groups excluding carboxylic acids is 1. The molecule has 0 aliphatic carbocycles. The Morgan fingerprint density at radius 1 is 1.30 bits per heavy atom. The molecular weight excluding hydrogens is 358 g/mol. The summed E-state index contributed by atoms with van der Waals surface area (Å²) in [5.41, 5.74) is 2.50. The second kappa shape index (κ2) is 9.46. The Labute approximate surface area is 164 Å². The van der Waals surface area contributed by atoms with E-state index in [-0.39, 0.29) is 11.2 Å². The SMILES string of the molecule is CCCCSC(C)C(=O)Nc1cccc(OCc2cn3ccccc3n2)c1. The Hall–Kier alpha value is -2.47. The maximum atomic E-state index is 12.3. The molecule has 27 heavy (non-hydrogen) atoms. The molecule has 0 saturated heterocycles. The normalized spacial score (nSPS) is 12.1. The summed E-state index contributed by atoms with van der Waals surface area (Å²) in [6.45, 7) is 4.48. The highest BCUT2D eigenvalue weighted by Crippen LogP contribution is 2.21. The molecule has 1 aromatic carbocycles. The van der Waals surface area contributed by atoms with Crippen molar-refractivity contribution in [2.24, 2.45) is 0 Å². The van der Waals surface area contributed by atoms with Gasteiger partial charge >= 0.3 is 0 Å². The first-order valence-electron chi connectivity index (χ1n) is 9.23. The molecule has 5 nitrogen and oxygen atoms in total. The molecule has 3 aromatic rings. The van der Waals surface area contributed by atoms with Gasteiger partial charge in [-0.2, -0.15) is 0 Å². The number of fused-ring (bicyclic) bond motifs is 1. The molecule has 142 valence electrons. The number of nitrogens with zero attached hydrogens (tertiary/aromatic N) is 2. The van der Waals surface area contributed by atoms with Crippen molar-refractivity contribution in [1.29, 1.82) is 0 Å². The van der Waals surface area contributed by atoms with Crippen molar-refractivity contribution < 1.29 is 9.53 Å². The van der Waals surface area contributed by atoms with E-state index in [1.165, 1.54) is 0 Å². The number of benzene rings is 1. The van der Waals surface area contributed by atoms with Crippen LogP contribution in [0.3, 0.4) is 0 Å². The second-order valence-electron chi connectivity index (χ2n) is 6.37. The Kier molecular flexibility index (Phi) is 6.76. The van der Waals surface area contributed by atoms with Crippen molar-refractivity contribution in [3.05, 3.63) is 60.6 Å². The Morgan fingerprint density at radius 2 is 2.19 bits per heavy atom. The molecule has 2 heterocycles. The van der Waals surface area contributed by atoms with Crippen LogP contribution in [-0.4, -0.2) is 26.3 Å². The van der Waals surface area contributed by atoms with E-state index in [1.54, 1.807) is 11.8 Å². The molecule has 0 radical (unpaired) electrons. The number of amides is 1. The average molecular weight is 384 g/mol. The molecule has 0 aliphatic rings. The minimum absolute atomic E-state index is 0.0219. The van der Waals surface area contributed by atoms with E-state index in [0.29, 0.717) is 12.4 Å². The summed E-state index contributed by atoms with van der Waals surface area (Å²) in [6.07, 6.45) is 6.19. The number of thioether (sulfide) groups is 1. The summed E-state index contributed by atoms with van der Waals surface area (Å²) < 4.78 is 7.82. The van der Waals surface area contributed by atoms with Gasteiger partial charge in [0, 0.05) is 24.1 Å². The third-order valence-electron chi connectivity index (χ3n) is 4.14. The summed E-state index contributed by atoms with van der Waals surface area (Å²) in [6, 6.07) is 13.4. The Bertz CT molecular complexity index is 861. The van der Waals surface area contributed by atoms with E-state index in [2.05, 4.69) is 17.2 Å². The first kappa shape index (κ1) is 19.3. The number of ether oxygens (including phenoxy) is 1. The molecule has 3 rings (SSSR count). The third-order valence-corrected chi connectivity index (χ3v) is 5.38. The number of pyridine rings is 1. The molecule has 1 N–H and O–H groups in total. The lowest BCUT2D eigenvalue weighted by molar-refractivity contribution is -0.115. The van der Waals surface area contributed by atoms with Gasteiger partial charge in [0.2, 0.25) is 5.91 Å². The zero-order valence-corrected chi connectivity index (χ0v) is 16.5. The van der Waals surface area contributed by atoms with Gasteiger partial charge in [-0.1, -0.05) is 25.5 Å². The van der Waals surface area contributed by atoms with Crippen LogP contribution in [0.15, 0.2) is 54.9 Å². The highest BCUT2D eigenvalue weighted by molar-refractivity contribution is 8.00. The van der Waals surface area contributed by atoms with Crippen LogP contribution in [0.2, 0.25) is 0 Å². The monoisotopic (exact) mass is 383 g/mol. The van der Waals surface area contributed by atoms with Gasteiger partial charge in [-0.15, -0.1) is 11.8 Å². The first-order valence-corrected chi connectivity index (χ1v) is 10.3. The minimum atomic E-state index is -0.0703. The molecule has 2 aromatic heterocycles. The van der Waals surface area contributed by atoms with Crippen molar-refractivity contribution in [3.8, 4) is 5.75 Å². The molecule has 0 saturated carbocycles. The number of rotatable bonds is 9. The van der Waals surface area contributed by atoms with Crippen LogP contribution in [0.25, 0.3) is 5.65 Å². The van der Waals surface area contributed by atoms with Crippen LogP contribution in [0.1, 0.15) is 32.4 Å². The molecule has 1 amide bonds. The molecule has 0 fully saturated rings. The second-order valence-corrected chi connectivity index (χ2v) is 7.82. The molecule has 0 aliphatic heterocycles. The van der Waals surface area contributed by atoms with Crippen LogP contribution in [0.5, 0.6) is 5.75 Å². The van der Waals surface area contributed by atoms with Crippen LogP contribution in [-0.2, 0) is 11.4 Å². The van der Waals surface area contributed by atoms with Crippen LogP contribution in [0, 0.1) is 0 Å². The van der Waals surface area contributed by atoms with E-state index in [1.807, 2.05) is 66.2 Å². The zero-order chi connectivity index (χ0) is 19.1. The largest absolute Gasteiger partial charge is 0.487 e. The van der Waals surface area contributed by atoms with Gasteiger partial charge in [-0.25, -0.2) is 4.98 Å². The fourth-order valence-electron chi connectivity index (χ4n) is 2.60. The fourth-order valence-corrected chi connectivity index (χ4v) is 3.62. The number of aromatic nitrogens is 2. The number of nitrogens with one attached hydrogen (secondary N) is 1. The van der Waals surface area contributed by atoms with Crippen molar-refractivity contribution in [3.63, 3.8) is 0 Å². The predicted molar refractivity (Wildman–Crippen MR) is 111 cm³/mol. The van der Waals surface area contributed by atoms with Gasteiger partial charge in [-0.3, -0.25) is 4.79 Å². The van der Waals surface area contributed by atoms with Gasteiger partial charge < -0.3 is 14.5 Å². The van der Waals surface area contributed by atoms with Crippen LogP contribution >= 0.6 is 11.8 Å². The predicted octanol–water partition coefficient (Wildman–Crippen LogP) is 4.77. The van der Waals surface area contributed by atoms with E-state index >= 15 is 0 Å². The Balaban J connectivity index is 1.56. The molecule has 6 heteroatoms. The first-order chi connectivity index (χ1) is 13.2. The van der Waals surface area contributed by atoms with Gasteiger partial charge in [0.05, 0.1) is 10.9 Å². The van der Waals surface area contributed by atoms with Crippen LogP contribution in [0.4, 0.5) is 5.69 Å². The molecule has 1 unspecified atom stereocenters. The standard InChI is InChI=1S/C21H25N3O2S/c1-3-4-12-27-16(2)21(25)23-17-8-7-9-19(13-17)26-15-18-14-24-11-6-5-10-20(24)22-18/h5-11,13-14,16H,3-4,12,15H2,1-2H3,(H,23,25). The lowest BCUT2D eigenvalue weighted by atomic mass is 10.3. The summed E-state index contributed by atoms with van der Waals surface area (Å²) in [4.78, 5) is 16.8. The van der Waals surface area contributed by atoms with E-state index < -0.39 is 0 Å². The average Bonchev–Trinajstić information content (AvgIpc) is 3.10. The fraction of sp³-hybridized carbons (Fsp3) is 0.333. The smallest absolute Gasteiger partial charge is 0.237 e. The zero-order valence-electron chi connectivity index (χ0n) is 15.7. The maximum absolute atomic E-state index is 12.3. The highest BCUT2D eigenvalue weighted by atomic mass is 32.2. The van der Waals surface area contributed by atoms with E-state index in [4.69, 9.17) is 4.74 Å². The molecule has 0 bridgehead atoms. The van der Waals surface area contributed by atoms with Crippen molar-refractivity contribution >= 4 is 29.0 Å². The number of imidazole rings is 1. The number of carbonyl (C=O) groups is 1. The van der Waals surface area contributed by atoms with Crippen molar-refractivity contribution in [1.82, 2.24) is 9.38 Å². The van der Waals surface area contributed by atoms with Crippen LogP contribution < -0.4 is 10.1 Å². The molecule has 0 spiro atoms. The van der Waals surface area contributed by atoms with Gasteiger partial charge in [0.15, 0.2) is 0 Å². The summed E-state index contributed by atoms with van der Waals surface area (Å²) >= 11 is 1.69. The van der Waals surface area contributed by atoms with Crippen molar-refractivity contribution in [2.75, 3.05) is 11.1 Å². The number of hydrogen-bond acceptors (Lipinski definition) is 4. The third kappa shape index (κ3) is 5.50. The number of hydrogen-bond donors (Lipinski definition) is 1. The lowest BCUT2D eigenvalue weighted by Gasteiger charge is -2.12. The lowest BCUT2D eigenvalue weighted by Crippen LogP contribution is -2.22. The Morgan fingerprint density at radius 3 is 3.00 bits per heavy atom. The van der Waals surface area contributed by atoms with E-state index in [9.17, 15) is 4.79 Å². The minimum Gasteiger partial charge on any atom is -0.487 e. The van der Waals surface area contributed by atoms with Crippen molar-refractivity contribution in [2.45, 2.75) is 38.5 Å². The number of anilines is 1. The van der Waals surface area contributed by atoms with Gasteiger partial charge in [0.1, 0.15) is 18.0 Å². The van der Waals surface area contributed by atoms with Gasteiger partial charge in [-0.05, 0) is 43.4 Å². The number of unbranched alkanes of at least 4 members (excludes halogenated alkanes) is 1. The summed E-state index contributed by atoms with van der Waals surface area (Å²) in [5.74, 6) is 1.73. The van der Waals surface area contributed by atoms with Gasteiger partial charge in [0.25, 0.3) is 0 Å². The van der Waals surface area contributed by atoms with E-state index in [0.717, 1.165) is 35.6 Å². The summed E-state index contributed by atoms with van der Waals surface area (Å²) in [5, 5.41) is 2.90. The molecular formula is C21H25N3O2S. The summed E-state index contributed by atoms with van der Waals surface area (Å²) in [7, 11) is 0. The highest BCUT2D eigenvalue weighted by Gasteiger charge is 2.13. The molecule has 1 atom stereocenters. The quantitative estimate of drug-likeness (QED) is 0.541. The maximum Gasteiger partial charge on any atom is 0.237 e. The topological polar surface area (TPSA) is 55.6 Å².